The highest BCUT2D eigenvalue weighted by atomic mass is 35.5. The third-order valence-corrected chi connectivity index (χ3v) is 3.13. The predicted molar refractivity (Wildman–Crippen MR) is 79.8 cm³/mol. The molecule has 1 atom stereocenters. The summed E-state index contributed by atoms with van der Waals surface area (Å²) in [6.07, 6.45) is 0.635. The van der Waals surface area contributed by atoms with Crippen LogP contribution in [0, 0.1) is 5.95 Å². The van der Waals surface area contributed by atoms with Crippen LogP contribution < -0.4 is 11.1 Å². The number of carbonyl (C=O) groups is 1. The minimum Gasteiger partial charge on any atom is -0.444 e. The average molecular weight is 318 g/mol. The summed E-state index contributed by atoms with van der Waals surface area (Å²) in [5.74, 6) is -0.654. The van der Waals surface area contributed by atoms with E-state index in [1.165, 1.54) is 12.3 Å². The highest BCUT2D eigenvalue weighted by Crippen LogP contribution is 2.26. The highest BCUT2D eigenvalue weighted by molar-refractivity contribution is 6.30. The van der Waals surface area contributed by atoms with E-state index < -0.39 is 23.1 Å². The lowest BCUT2D eigenvalue weighted by atomic mass is 9.83. The van der Waals surface area contributed by atoms with Gasteiger partial charge >= 0.3 is 6.09 Å². The van der Waals surface area contributed by atoms with Gasteiger partial charge in [-0.2, -0.15) is 4.39 Å². The number of hydrogen-bond acceptors (Lipinski definition) is 4. The largest absolute Gasteiger partial charge is 0.444 e. The lowest BCUT2D eigenvalue weighted by molar-refractivity contribution is 0.0516. The van der Waals surface area contributed by atoms with Crippen LogP contribution in [0.25, 0.3) is 0 Å². The zero-order valence-electron chi connectivity index (χ0n) is 12.7. The van der Waals surface area contributed by atoms with Crippen LogP contribution in [0.1, 0.15) is 33.3 Å². The molecule has 7 heteroatoms. The van der Waals surface area contributed by atoms with Gasteiger partial charge in [0, 0.05) is 30.3 Å². The lowest BCUT2D eigenvalue weighted by Crippen LogP contribution is -2.45. The molecule has 0 aromatic carbocycles. The van der Waals surface area contributed by atoms with Crippen molar-refractivity contribution in [3.05, 3.63) is 28.8 Å². The Hall–Kier alpha value is -1.40. The number of halogens is 2. The number of ether oxygens (including phenoxy) is 1. The van der Waals surface area contributed by atoms with Crippen molar-refractivity contribution in [3.63, 3.8) is 0 Å². The van der Waals surface area contributed by atoms with Crippen molar-refractivity contribution in [2.45, 2.75) is 38.7 Å². The molecular weight excluding hydrogens is 297 g/mol. The Morgan fingerprint density at radius 3 is 2.62 bits per heavy atom. The summed E-state index contributed by atoms with van der Waals surface area (Å²) in [5.41, 5.74) is 4.56. The van der Waals surface area contributed by atoms with Gasteiger partial charge < -0.3 is 15.8 Å². The number of nitrogens with zero attached hydrogens (tertiary/aromatic N) is 1. The van der Waals surface area contributed by atoms with Crippen molar-refractivity contribution in [1.82, 2.24) is 10.3 Å². The summed E-state index contributed by atoms with van der Waals surface area (Å²) in [6.45, 7) is 7.22. The van der Waals surface area contributed by atoms with Crippen molar-refractivity contribution in [2.24, 2.45) is 5.73 Å². The Kier molecular flexibility index (Phi) is 5.53. The molecule has 1 amide bonds. The van der Waals surface area contributed by atoms with Gasteiger partial charge in [0.15, 0.2) is 0 Å². The second kappa shape index (κ2) is 6.58. The average Bonchev–Trinajstić information content (AvgIpc) is 2.37. The fourth-order valence-electron chi connectivity index (χ4n) is 1.70. The van der Waals surface area contributed by atoms with Crippen molar-refractivity contribution in [3.8, 4) is 0 Å². The first-order chi connectivity index (χ1) is 9.57. The fourth-order valence-corrected chi connectivity index (χ4v) is 1.86. The molecule has 1 heterocycles. The van der Waals surface area contributed by atoms with Crippen LogP contribution >= 0.6 is 11.6 Å². The molecule has 0 fully saturated rings. The van der Waals surface area contributed by atoms with Crippen LogP contribution in [-0.2, 0) is 10.2 Å². The molecule has 5 nitrogen and oxygen atoms in total. The van der Waals surface area contributed by atoms with Gasteiger partial charge in [0.25, 0.3) is 0 Å². The Morgan fingerprint density at radius 2 is 2.10 bits per heavy atom. The van der Waals surface area contributed by atoms with Crippen LogP contribution in [0.15, 0.2) is 12.3 Å². The maximum atomic E-state index is 13.9. The molecule has 1 unspecified atom stereocenters. The van der Waals surface area contributed by atoms with Gasteiger partial charge in [-0.05, 0) is 26.8 Å². The van der Waals surface area contributed by atoms with Crippen molar-refractivity contribution in [1.29, 1.82) is 0 Å². The first-order valence-corrected chi connectivity index (χ1v) is 6.94. The first kappa shape index (κ1) is 17.7. The normalized spacial score (nSPS) is 14.4. The number of alkyl carbamates (subject to hydrolysis) is 1. The quantitative estimate of drug-likeness (QED) is 0.837. The van der Waals surface area contributed by atoms with Crippen molar-refractivity contribution in [2.75, 3.05) is 13.1 Å². The number of aromatic nitrogens is 1. The van der Waals surface area contributed by atoms with Gasteiger partial charge in [-0.3, -0.25) is 0 Å². The Balaban J connectivity index is 2.86. The second-order valence-corrected chi connectivity index (χ2v) is 6.55. The van der Waals surface area contributed by atoms with Gasteiger partial charge in [0.05, 0.1) is 5.02 Å². The number of carbonyl (C=O) groups excluding carboxylic acids is 1. The second-order valence-electron chi connectivity index (χ2n) is 6.11. The van der Waals surface area contributed by atoms with Gasteiger partial charge in [-0.1, -0.05) is 18.5 Å². The Morgan fingerprint density at radius 1 is 1.48 bits per heavy atom. The lowest BCUT2D eigenvalue weighted by Gasteiger charge is -2.29. The number of nitrogens with one attached hydrogen (secondary N) is 1. The molecule has 1 aromatic heterocycles. The van der Waals surface area contributed by atoms with Crippen LogP contribution in [0.3, 0.4) is 0 Å². The van der Waals surface area contributed by atoms with Crippen molar-refractivity contribution < 1.29 is 13.9 Å². The summed E-state index contributed by atoms with van der Waals surface area (Å²) in [4.78, 5) is 15.3. The van der Waals surface area contributed by atoms with E-state index in [1.54, 1.807) is 27.7 Å². The molecule has 118 valence electrons. The van der Waals surface area contributed by atoms with Gasteiger partial charge in [-0.15, -0.1) is 0 Å². The maximum Gasteiger partial charge on any atom is 0.407 e. The predicted octanol–water partition coefficient (Wildman–Crippen LogP) is 2.62. The molecular formula is C14H21ClFN3O2. The molecule has 3 N–H and O–H groups in total. The first-order valence-electron chi connectivity index (χ1n) is 6.56. The molecule has 0 aliphatic heterocycles. The molecule has 0 saturated heterocycles. The van der Waals surface area contributed by atoms with Crippen molar-refractivity contribution >= 4 is 17.7 Å². The smallest absolute Gasteiger partial charge is 0.407 e. The standard InChI is InChI=1S/C14H21ClFN3O2/c1-13(2,3)21-12(20)19-8-14(4,7-17)10-5-9(15)6-18-11(10)16/h5-6H,7-8,17H2,1-4H3,(H,19,20). The van der Waals surface area contributed by atoms with Crippen LogP contribution in [0.2, 0.25) is 5.02 Å². The molecule has 0 bridgehead atoms. The molecule has 0 saturated carbocycles. The SMILES string of the molecule is CC(C)(C)OC(=O)NCC(C)(CN)c1cc(Cl)cnc1F. The maximum absolute atomic E-state index is 13.9. The summed E-state index contributed by atoms with van der Waals surface area (Å²) in [5, 5.41) is 2.91. The van der Waals surface area contributed by atoms with E-state index in [9.17, 15) is 9.18 Å². The number of rotatable bonds is 4. The summed E-state index contributed by atoms with van der Waals surface area (Å²) >= 11 is 5.85. The minimum absolute atomic E-state index is 0.108. The van der Waals surface area contributed by atoms with Gasteiger partial charge in [-0.25, -0.2) is 9.78 Å². The van der Waals surface area contributed by atoms with E-state index in [-0.39, 0.29) is 18.7 Å². The zero-order chi connectivity index (χ0) is 16.3. The molecule has 0 spiro atoms. The highest BCUT2D eigenvalue weighted by Gasteiger charge is 2.30. The van der Waals surface area contributed by atoms with E-state index in [4.69, 9.17) is 22.1 Å². The molecule has 1 rings (SSSR count). The molecule has 0 aliphatic carbocycles. The van der Waals surface area contributed by atoms with Gasteiger partial charge in [0.1, 0.15) is 5.60 Å². The monoisotopic (exact) mass is 317 g/mol. The van der Waals surface area contributed by atoms with E-state index in [0.717, 1.165) is 0 Å². The van der Waals surface area contributed by atoms with Crippen LogP contribution in [0.4, 0.5) is 9.18 Å². The molecule has 0 radical (unpaired) electrons. The third kappa shape index (κ3) is 5.13. The third-order valence-electron chi connectivity index (χ3n) is 2.93. The van der Waals surface area contributed by atoms with E-state index in [0.29, 0.717) is 5.02 Å². The minimum atomic E-state index is -0.834. The number of amides is 1. The zero-order valence-corrected chi connectivity index (χ0v) is 13.4. The topological polar surface area (TPSA) is 77.2 Å². The summed E-state index contributed by atoms with van der Waals surface area (Å²) in [7, 11) is 0. The van der Waals surface area contributed by atoms with E-state index in [1.807, 2.05) is 0 Å². The summed E-state index contributed by atoms with van der Waals surface area (Å²) in [6, 6.07) is 1.47. The Bertz CT molecular complexity index is 519. The molecule has 21 heavy (non-hydrogen) atoms. The number of hydrogen-bond donors (Lipinski definition) is 2. The number of nitrogens with two attached hydrogens (primary N) is 1. The Labute approximate surface area is 129 Å². The van der Waals surface area contributed by atoms with E-state index in [2.05, 4.69) is 10.3 Å². The van der Waals surface area contributed by atoms with Gasteiger partial charge in [0.2, 0.25) is 5.95 Å². The van der Waals surface area contributed by atoms with Crippen LogP contribution in [-0.4, -0.2) is 29.8 Å². The number of pyridine rings is 1. The van der Waals surface area contributed by atoms with E-state index >= 15 is 0 Å². The van der Waals surface area contributed by atoms with Crippen LogP contribution in [0.5, 0.6) is 0 Å². The fraction of sp³-hybridized carbons (Fsp3) is 0.571. The molecule has 0 aliphatic rings. The summed E-state index contributed by atoms with van der Waals surface area (Å²) < 4.78 is 19.0. The molecule has 1 aromatic rings.